The van der Waals surface area contributed by atoms with Crippen molar-refractivity contribution in [3.8, 4) is 0 Å². The molecule has 3 unspecified atom stereocenters. The second-order valence-corrected chi connectivity index (χ2v) is 5.67. The van der Waals surface area contributed by atoms with Crippen molar-refractivity contribution in [3.63, 3.8) is 0 Å². The van der Waals surface area contributed by atoms with E-state index in [1.807, 2.05) is 6.08 Å². The molecular formula is C15H27NO2. The van der Waals surface area contributed by atoms with Gasteiger partial charge in [0, 0.05) is 25.7 Å². The van der Waals surface area contributed by atoms with Crippen molar-refractivity contribution in [2.24, 2.45) is 5.92 Å². The van der Waals surface area contributed by atoms with Crippen LogP contribution in [-0.2, 0) is 9.47 Å². The maximum Gasteiger partial charge on any atom is 0.0939 e. The second-order valence-electron chi connectivity index (χ2n) is 5.67. The fourth-order valence-electron chi connectivity index (χ4n) is 3.22. The van der Waals surface area contributed by atoms with Crippen molar-refractivity contribution >= 4 is 0 Å². The fourth-order valence-corrected chi connectivity index (χ4v) is 3.22. The van der Waals surface area contributed by atoms with E-state index in [9.17, 15) is 0 Å². The average Bonchev–Trinajstić information content (AvgIpc) is 2.82. The largest absolute Gasteiger partial charge is 0.378 e. The third-order valence-electron chi connectivity index (χ3n) is 4.24. The highest BCUT2D eigenvalue weighted by Gasteiger charge is 2.42. The number of hydrogen-bond acceptors (Lipinski definition) is 3. The third kappa shape index (κ3) is 3.34. The molecule has 0 aromatic rings. The summed E-state index contributed by atoms with van der Waals surface area (Å²) in [6.45, 7) is 9.75. The van der Waals surface area contributed by atoms with Gasteiger partial charge in [-0.15, -0.1) is 6.58 Å². The minimum Gasteiger partial charge on any atom is -0.378 e. The van der Waals surface area contributed by atoms with Crippen LogP contribution in [0, 0.1) is 5.92 Å². The molecule has 18 heavy (non-hydrogen) atoms. The van der Waals surface area contributed by atoms with Crippen LogP contribution in [0.5, 0.6) is 0 Å². The normalized spacial score (nSPS) is 33.7. The van der Waals surface area contributed by atoms with Crippen LogP contribution in [0.25, 0.3) is 0 Å². The van der Waals surface area contributed by atoms with Gasteiger partial charge in [-0.1, -0.05) is 13.0 Å². The molecule has 2 saturated heterocycles. The van der Waals surface area contributed by atoms with E-state index in [1.165, 1.54) is 6.42 Å². The van der Waals surface area contributed by atoms with Gasteiger partial charge >= 0.3 is 0 Å². The summed E-state index contributed by atoms with van der Waals surface area (Å²) in [5.74, 6) is 0.699. The Bertz CT molecular complexity index is 261. The van der Waals surface area contributed by atoms with Gasteiger partial charge in [0.25, 0.3) is 0 Å². The average molecular weight is 253 g/mol. The first kappa shape index (κ1) is 14.0. The van der Waals surface area contributed by atoms with Gasteiger partial charge in [-0.25, -0.2) is 0 Å². The molecule has 0 saturated carbocycles. The third-order valence-corrected chi connectivity index (χ3v) is 4.24. The molecule has 1 N–H and O–H groups in total. The lowest BCUT2D eigenvalue weighted by atomic mass is 9.80. The molecule has 3 atom stereocenters. The van der Waals surface area contributed by atoms with Gasteiger partial charge in [0.2, 0.25) is 0 Å². The van der Waals surface area contributed by atoms with Crippen molar-refractivity contribution < 1.29 is 9.47 Å². The Kier molecular flexibility index (Phi) is 5.22. The van der Waals surface area contributed by atoms with E-state index < -0.39 is 0 Å². The molecule has 0 bridgehead atoms. The zero-order chi connectivity index (χ0) is 12.8. The summed E-state index contributed by atoms with van der Waals surface area (Å²) in [6.07, 6.45) is 7.66. The Labute approximate surface area is 111 Å². The molecule has 0 amide bonds. The SMILES string of the molecule is C=CCC(NCCC)C1CCOC2(CCOC2)C1. The first-order valence-electron chi connectivity index (χ1n) is 7.35. The number of ether oxygens (including phenoxy) is 2. The fraction of sp³-hybridized carbons (Fsp3) is 0.867. The summed E-state index contributed by atoms with van der Waals surface area (Å²) in [5, 5.41) is 3.68. The summed E-state index contributed by atoms with van der Waals surface area (Å²) < 4.78 is 11.6. The molecule has 2 heterocycles. The quantitative estimate of drug-likeness (QED) is 0.738. The highest BCUT2D eigenvalue weighted by molar-refractivity contribution is 4.95. The van der Waals surface area contributed by atoms with E-state index in [-0.39, 0.29) is 5.60 Å². The highest BCUT2D eigenvalue weighted by atomic mass is 16.6. The van der Waals surface area contributed by atoms with Gasteiger partial charge in [0.1, 0.15) is 0 Å². The van der Waals surface area contributed by atoms with Crippen LogP contribution in [0.1, 0.15) is 39.0 Å². The van der Waals surface area contributed by atoms with Crippen LogP contribution in [0.4, 0.5) is 0 Å². The first-order valence-corrected chi connectivity index (χ1v) is 7.35. The molecule has 3 nitrogen and oxygen atoms in total. The van der Waals surface area contributed by atoms with Crippen molar-refractivity contribution in [2.45, 2.75) is 50.7 Å². The van der Waals surface area contributed by atoms with E-state index in [0.717, 1.165) is 52.0 Å². The van der Waals surface area contributed by atoms with Gasteiger partial charge in [-0.2, -0.15) is 0 Å². The lowest BCUT2D eigenvalue weighted by Crippen LogP contribution is -2.47. The molecular weight excluding hydrogens is 226 g/mol. The van der Waals surface area contributed by atoms with Crippen LogP contribution in [-0.4, -0.2) is 38.0 Å². The van der Waals surface area contributed by atoms with Crippen LogP contribution < -0.4 is 5.32 Å². The minimum absolute atomic E-state index is 0.0240. The Balaban J connectivity index is 1.93. The molecule has 104 valence electrons. The molecule has 2 fully saturated rings. The topological polar surface area (TPSA) is 30.5 Å². The van der Waals surface area contributed by atoms with Gasteiger partial charge in [-0.3, -0.25) is 0 Å². The van der Waals surface area contributed by atoms with Crippen LogP contribution in [0.2, 0.25) is 0 Å². The molecule has 0 aromatic heterocycles. The number of rotatable bonds is 6. The van der Waals surface area contributed by atoms with Crippen molar-refractivity contribution in [2.75, 3.05) is 26.4 Å². The summed E-state index contributed by atoms with van der Waals surface area (Å²) in [6, 6.07) is 0.559. The van der Waals surface area contributed by atoms with Gasteiger partial charge in [0.05, 0.1) is 12.2 Å². The number of nitrogens with one attached hydrogen (secondary N) is 1. The predicted molar refractivity (Wildman–Crippen MR) is 73.7 cm³/mol. The molecule has 2 aliphatic rings. The molecule has 0 radical (unpaired) electrons. The van der Waals surface area contributed by atoms with E-state index in [1.54, 1.807) is 0 Å². The zero-order valence-electron chi connectivity index (χ0n) is 11.6. The van der Waals surface area contributed by atoms with Gasteiger partial charge < -0.3 is 14.8 Å². The summed E-state index contributed by atoms with van der Waals surface area (Å²) in [5.41, 5.74) is 0.0240. The molecule has 3 heteroatoms. The Morgan fingerprint density at radius 3 is 3.06 bits per heavy atom. The predicted octanol–water partition coefficient (Wildman–Crippen LogP) is 2.52. The lowest BCUT2D eigenvalue weighted by molar-refractivity contribution is -0.103. The van der Waals surface area contributed by atoms with E-state index >= 15 is 0 Å². The van der Waals surface area contributed by atoms with Crippen molar-refractivity contribution in [1.29, 1.82) is 0 Å². The Morgan fingerprint density at radius 1 is 1.50 bits per heavy atom. The summed E-state index contributed by atoms with van der Waals surface area (Å²) >= 11 is 0. The van der Waals surface area contributed by atoms with E-state index in [4.69, 9.17) is 9.47 Å². The Hall–Kier alpha value is -0.380. The molecule has 2 aliphatic heterocycles. The van der Waals surface area contributed by atoms with Crippen LogP contribution >= 0.6 is 0 Å². The summed E-state index contributed by atoms with van der Waals surface area (Å²) in [4.78, 5) is 0. The molecule has 1 spiro atoms. The molecule has 0 aromatic carbocycles. The van der Waals surface area contributed by atoms with Crippen molar-refractivity contribution in [3.05, 3.63) is 12.7 Å². The zero-order valence-corrected chi connectivity index (χ0v) is 11.6. The van der Waals surface area contributed by atoms with Crippen LogP contribution in [0.3, 0.4) is 0 Å². The summed E-state index contributed by atoms with van der Waals surface area (Å²) in [7, 11) is 0. The molecule has 0 aliphatic carbocycles. The smallest absolute Gasteiger partial charge is 0.0939 e. The lowest BCUT2D eigenvalue weighted by Gasteiger charge is -2.40. The Morgan fingerprint density at radius 2 is 2.39 bits per heavy atom. The molecule has 2 rings (SSSR count). The van der Waals surface area contributed by atoms with Crippen molar-refractivity contribution in [1.82, 2.24) is 5.32 Å². The van der Waals surface area contributed by atoms with Crippen LogP contribution in [0.15, 0.2) is 12.7 Å². The monoisotopic (exact) mass is 253 g/mol. The highest BCUT2D eigenvalue weighted by Crippen LogP contribution is 2.37. The maximum atomic E-state index is 6.01. The standard InChI is InChI=1S/C15H27NO2/c1-3-5-14(16-8-4-2)13-6-9-18-15(11-13)7-10-17-12-15/h3,13-14,16H,1,4-12H2,2H3. The minimum atomic E-state index is 0.0240. The van der Waals surface area contributed by atoms with E-state index in [0.29, 0.717) is 12.0 Å². The maximum absolute atomic E-state index is 6.01. The van der Waals surface area contributed by atoms with Gasteiger partial charge in [0.15, 0.2) is 0 Å². The van der Waals surface area contributed by atoms with E-state index in [2.05, 4.69) is 18.8 Å². The first-order chi connectivity index (χ1) is 8.79. The second kappa shape index (κ2) is 6.69. The van der Waals surface area contributed by atoms with Gasteiger partial charge in [-0.05, 0) is 38.1 Å². The number of hydrogen-bond donors (Lipinski definition) is 1.